The first-order valence-corrected chi connectivity index (χ1v) is 7.30. The summed E-state index contributed by atoms with van der Waals surface area (Å²) in [5.41, 5.74) is 5.74. The fraction of sp³-hybridized carbons (Fsp3) is 0.667. The average molecular weight is 268 g/mol. The van der Waals surface area contributed by atoms with Gasteiger partial charge >= 0.3 is 0 Å². The van der Waals surface area contributed by atoms with Crippen LogP contribution in [0.15, 0.2) is 0 Å². The van der Waals surface area contributed by atoms with Gasteiger partial charge < -0.3 is 16.4 Å². The second-order valence-corrected chi connectivity index (χ2v) is 5.60. The van der Waals surface area contributed by atoms with Crippen molar-refractivity contribution < 1.29 is 4.79 Å². The van der Waals surface area contributed by atoms with Crippen molar-refractivity contribution in [3.05, 3.63) is 4.88 Å². The molecule has 100 valence electrons. The summed E-state index contributed by atoms with van der Waals surface area (Å²) in [7, 11) is 0. The third kappa shape index (κ3) is 3.13. The molecular formula is C12H20N4OS. The molecule has 1 aromatic heterocycles. The minimum Gasteiger partial charge on any atom is -0.382 e. The first-order valence-electron chi connectivity index (χ1n) is 6.49. The molecule has 1 aliphatic rings. The van der Waals surface area contributed by atoms with Gasteiger partial charge in [-0.25, -0.2) is 4.98 Å². The summed E-state index contributed by atoms with van der Waals surface area (Å²) in [5.74, 6) is 1.02. The second-order valence-electron chi connectivity index (χ2n) is 4.61. The van der Waals surface area contributed by atoms with Crippen LogP contribution in [0, 0.1) is 5.92 Å². The van der Waals surface area contributed by atoms with Gasteiger partial charge in [-0.1, -0.05) is 30.6 Å². The molecule has 0 bridgehead atoms. The van der Waals surface area contributed by atoms with Crippen molar-refractivity contribution in [3.8, 4) is 0 Å². The molecule has 0 radical (unpaired) electrons. The Labute approximate surface area is 111 Å². The molecule has 6 heteroatoms. The predicted octanol–water partition coefficient (Wildman–Crippen LogP) is 2.08. The molecule has 4 N–H and O–H groups in total. The number of nitrogens with zero attached hydrogens (tertiary/aromatic N) is 1. The van der Waals surface area contributed by atoms with Crippen molar-refractivity contribution in [1.29, 1.82) is 0 Å². The summed E-state index contributed by atoms with van der Waals surface area (Å²) < 4.78 is 0. The highest BCUT2D eigenvalue weighted by atomic mass is 32.1. The number of carbonyl (C=O) groups is 1. The van der Waals surface area contributed by atoms with Crippen molar-refractivity contribution in [1.82, 2.24) is 10.3 Å². The van der Waals surface area contributed by atoms with E-state index in [1.54, 1.807) is 0 Å². The van der Waals surface area contributed by atoms with Gasteiger partial charge in [0.2, 0.25) is 0 Å². The smallest absolute Gasteiger partial charge is 0.265 e. The van der Waals surface area contributed by atoms with Gasteiger partial charge in [-0.05, 0) is 19.3 Å². The molecule has 0 aromatic carbocycles. The van der Waals surface area contributed by atoms with Crippen LogP contribution in [0.25, 0.3) is 0 Å². The molecule has 1 aliphatic carbocycles. The maximum atomic E-state index is 11.9. The summed E-state index contributed by atoms with van der Waals surface area (Å²) in [4.78, 5) is 16.6. The van der Waals surface area contributed by atoms with Gasteiger partial charge in [0.25, 0.3) is 5.91 Å². The van der Waals surface area contributed by atoms with Crippen LogP contribution >= 0.6 is 11.3 Å². The fourth-order valence-corrected chi connectivity index (χ4v) is 2.84. The Hall–Kier alpha value is -1.30. The number of carbonyl (C=O) groups excluding carboxylic acids is 1. The number of nitrogens with one attached hydrogen (secondary N) is 2. The summed E-state index contributed by atoms with van der Waals surface area (Å²) in [6.07, 6.45) is 5.03. The molecule has 1 saturated carbocycles. The molecule has 0 saturated heterocycles. The fourth-order valence-electron chi connectivity index (χ4n) is 1.97. The van der Waals surface area contributed by atoms with Crippen molar-refractivity contribution >= 4 is 28.2 Å². The minimum atomic E-state index is -0.103. The second kappa shape index (κ2) is 6.04. The highest BCUT2D eigenvalue weighted by molar-refractivity contribution is 7.18. The lowest BCUT2D eigenvalue weighted by molar-refractivity contribution is 0.0953. The van der Waals surface area contributed by atoms with Crippen molar-refractivity contribution in [3.63, 3.8) is 0 Å². The van der Waals surface area contributed by atoms with Crippen LogP contribution in [0.2, 0.25) is 0 Å². The van der Waals surface area contributed by atoms with Gasteiger partial charge in [0.15, 0.2) is 5.13 Å². The van der Waals surface area contributed by atoms with Crippen molar-refractivity contribution in [2.45, 2.75) is 32.6 Å². The van der Waals surface area contributed by atoms with Gasteiger partial charge in [0.05, 0.1) is 0 Å². The van der Waals surface area contributed by atoms with Crippen molar-refractivity contribution in [2.75, 3.05) is 24.1 Å². The monoisotopic (exact) mass is 268 g/mol. The lowest BCUT2D eigenvalue weighted by atomic mass is 9.83. The van der Waals surface area contributed by atoms with E-state index >= 15 is 0 Å². The molecule has 0 unspecified atom stereocenters. The number of hydrogen-bond donors (Lipinski definition) is 3. The molecule has 18 heavy (non-hydrogen) atoms. The largest absolute Gasteiger partial charge is 0.382 e. The normalized spacial score (nSPS) is 15.2. The zero-order valence-corrected chi connectivity index (χ0v) is 11.5. The van der Waals surface area contributed by atoms with E-state index in [9.17, 15) is 4.79 Å². The van der Waals surface area contributed by atoms with E-state index in [1.807, 2.05) is 6.92 Å². The SMILES string of the molecule is CCNc1nc(N)c(C(=O)NCCC2CCC2)s1. The van der Waals surface area contributed by atoms with E-state index in [4.69, 9.17) is 5.73 Å². The van der Waals surface area contributed by atoms with E-state index in [-0.39, 0.29) is 5.91 Å². The first-order chi connectivity index (χ1) is 8.70. The summed E-state index contributed by atoms with van der Waals surface area (Å²) in [6, 6.07) is 0. The Morgan fingerprint density at radius 2 is 2.33 bits per heavy atom. The highest BCUT2D eigenvalue weighted by Gasteiger charge is 2.19. The topological polar surface area (TPSA) is 80.0 Å². The number of hydrogen-bond acceptors (Lipinski definition) is 5. The zero-order chi connectivity index (χ0) is 13.0. The van der Waals surface area contributed by atoms with Crippen LogP contribution < -0.4 is 16.4 Å². The van der Waals surface area contributed by atoms with Gasteiger partial charge in [0.1, 0.15) is 10.7 Å². The van der Waals surface area contributed by atoms with Crippen molar-refractivity contribution in [2.24, 2.45) is 5.92 Å². The maximum absolute atomic E-state index is 11.9. The Balaban J connectivity index is 1.83. The Morgan fingerprint density at radius 1 is 1.56 bits per heavy atom. The lowest BCUT2D eigenvalue weighted by Crippen LogP contribution is -2.27. The van der Waals surface area contributed by atoms with Crippen LogP contribution in [-0.2, 0) is 0 Å². The molecule has 1 aromatic rings. The third-order valence-corrected chi connectivity index (χ3v) is 4.28. The van der Waals surface area contributed by atoms with Gasteiger partial charge in [-0.15, -0.1) is 0 Å². The number of nitrogen functional groups attached to an aromatic ring is 1. The standard InChI is InChI=1S/C12H20N4OS/c1-2-14-12-16-10(13)9(18-12)11(17)15-7-6-8-4-3-5-8/h8H,2-7,13H2,1H3,(H,14,16)(H,15,17). The molecule has 0 aliphatic heterocycles. The summed E-state index contributed by atoms with van der Waals surface area (Å²) >= 11 is 1.31. The van der Waals surface area contributed by atoms with Crippen LogP contribution in [0.1, 0.15) is 42.3 Å². The predicted molar refractivity (Wildman–Crippen MR) is 75.0 cm³/mol. The molecule has 2 rings (SSSR count). The Kier molecular flexibility index (Phi) is 4.41. The van der Waals surface area contributed by atoms with Crippen LogP contribution in [-0.4, -0.2) is 24.0 Å². The van der Waals surface area contributed by atoms with E-state index in [0.717, 1.165) is 25.4 Å². The Bertz CT molecular complexity index is 414. The quantitative estimate of drug-likeness (QED) is 0.738. The lowest BCUT2D eigenvalue weighted by Gasteiger charge is -2.25. The third-order valence-electron chi connectivity index (χ3n) is 3.25. The average Bonchev–Trinajstić information content (AvgIpc) is 2.63. The number of thiazole rings is 1. The zero-order valence-electron chi connectivity index (χ0n) is 10.7. The van der Waals surface area contributed by atoms with Crippen LogP contribution in [0.4, 0.5) is 10.9 Å². The van der Waals surface area contributed by atoms with Gasteiger partial charge in [0, 0.05) is 13.1 Å². The van der Waals surface area contributed by atoms with E-state index in [2.05, 4.69) is 15.6 Å². The van der Waals surface area contributed by atoms with E-state index in [1.165, 1.54) is 30.6 Å². The number of amides is 1. The molecular weight excluding hydrogens is 248 g/mol. The molecule has 0 atom stereocenters. The first kappa shape index (κ1) is 13.1. The molecule has 1 amide bonds. The number of aromatic nitrogens is 1. The van der Waals surface area contributed by atoms with E-state index < -0.39 is 0 Å². The molecule has 5 nitrogen and oxygen atoms in total. The number of nitrogens with two attached hydrogens (primary N) is 1. The van der Waals surface area contributed by atoms with Gasteiger partial charge in [-0.2, -0.15) is 0 Å². The van der Waals surface area contributed by atoms with Gasteiger partial charge in [-0.3, -0.25) is 4.79 Å². The molecule has 1 heterocycles. The highest BCUT2D eigenvalue weighted by Crippen LogP contribution is 2.29. The van der Waals surface area contributed by atoms with E-state index in [0.29, 0.717) is 15.8 Å². The molecule has 0 spiro atoms. The Morgan fingerprint density at radius 3 is 2.94 bits per heavy atom. The van der Waals surface area contributed by atoms with Crippen LogP contribution in [0.3, 0.4) is 0 Å². The number of rotatable bonds is 6. The number of anilines is 2. The minimum absolute atomic E-state index is 0.103. The maximum Gasteiger partial charge on any atom is 0.265 e. The van der Waals surface area contributed by atoms with Crippen LogP contribution in [0.5, 0.6) is 0 Å². The summed E-state index contributed by atoms with van der Waals surface area (Å²) in [5, 5.41) is 6.69. The summed E-state index contributed by atoms with van der Waals surface area (Å²) in [6.45, 7) is 3.49. The molecule has 1 fully saturated rings.